The Morgan fingerprint density at radius 1 is 1.17 bits per heavy atom. The number of carboxylic acid groups (broad SMARTS) is 1. The standard InChI is InChI=1S/C15H12BrCl2NO4S/c1-9(15(20)21)19(12-5-2-10(16)3-6-12)24(22,23)14-8-11(17)4-7-13(14)18/h2-9H,1H3,(H,20,21). The van der Waals surface area contributed by atoms with Gasteiger partial charge in [0.1, 0.15) is 10.9 Å². The van der Waals surface area contributed by atoms with Crippen molar-refractivity contribution in [2.24, 2.45) is 0 Å². The Bertz CT molecular complexity index is 872. The zero-order chi connectivity index (χ0) is 18.1. The minimum atomic E-state index is -4.24. The van der Waals surface area contributed by atoms with Crippen LogP contribution in [0.5, 0.6) is 0 Å². The lowest BCUT2D eigenvalue weighted by Crippen LogP contribution is -2.43. The lowest BCUT2D eigenvalue weighted by Gasteiger charge is -2.28. The van der Waals surface area contributed by atoms with Crippen LogP contribution in [-0.4, -0.2) is 25.5 Å². The van der Waals surface area contributed by atoms with Crippen molar-refractivity contribution in [3.63, 3.8) is 0 Å². The zero-order valence-electron chi connectivity index (χ0n) is 12.3. The number of nitrogens with zero attached hydrogens (tertiary/aromatic N) is 1. The molecule has 0 fully saturated rings. The first-order valence-corrected chi connectivity index (χ1v) is 9.61. The van der Waals surface area contributed by atoms with Crippen LogP contribution in [0.25, 0.3) is 0 Å². The Hall–Kier alpha value is -1.28. The van der Waals surface area contributed by atoms with E-state index in [1.807, 2.05) is 0 Å². The number of hydrogen-bond donors (Lipinski definition) is 1. The minimum Gasteiger partial charge on any atom is -0.480 e. The monoisotopic (exact) mass is 451 g/mol. The van der Waals surface area contributed by atoms with Crippen LogP contribution in [0.2, 0.25) is 10.0 Å². The van der Waals surface area contributed by atoms with Gasteiger partial charge in [-0.2, -0.15) is 0 Å². The van der Waals surface area contributed by atoms with Crippen LogP contribution in [0.4, 0.5) is 5.69 Å². The molecule has 1 N–H and O–H groups in total. The Morgan fingerprint density at radius 2 is 1.75 bits per heavy atom. The van der Waals surface area contributed by atoms with Crippen molar-refractivity contribution in [2.45, 2.75) is 17.9 Å². The number of rotatable bonds is 5. The highest BCUT2D eigenvalue weighted by Gasteiger charge is 2.34. The fraction of sp³-hybridized carbons (Fsp3) is 0.133. The number of benzene rings is 2. The largest absolute Gasteiger partial charge is 0.480 e. The molecular formula is C15H12BrCl2NO4S. The van der Waals surface area contributed by atoms with Gasteiger partial charge < -0.3 is 5.11 Å². The molecule has 2 aromatic rings. The topological polar surface area (TPSA) is 74.7 Å². The van der Waals surface area contributed by atoms with Crippen LogP contribution in [0.1, 0.15) is 6.92 Å². The molecule has 0 radical (unpaired) electrons. The van der Waals surface area contributed by atoms with Crippen molar-refractivity contribution in [1.82, 2.24) is 0 Å². The molecular weight excluding hydrogens is 441 g/mol. The van der Waals surface area contributed by atoms with Crippen LogP contribution in [0.15, 0.2) is 51.8 Å². The van der Waals surface area contributed by atoms with Crippen molar-refractivity contribution in [1.29, 1.82) is 0 Å². The summed E-state index contributed by atoms with van der Waals surface area (Å²) >= 11 is 15.1. The zero-order valence-corrected chi connectivity index (χ0v) is 16.2. The normalized spacial score (nSPS) is 12.7. The number of aliphatic carboxylic acids is 1. The first kappa shape index (κ1) is 19.1. The van der Waals surface area contributed by atoms with Gasteiger partial charge in [-0.15, -0.1) is 0 Å². The predicted molar refractivity (Wildman–Crippen MR) is 97.4 cm³/mol. The third-order valence-corrected chi connectivity index (χ3v) is 6.36. The lowest BCUT2D eigenvalue weighted by molar-refractivity contribution is -0.137. The molecule has 1 atom stereocenters. The van der Waals surface area contributed by atoms with E-state index in [4.69, 9.17) is 23.2 Å². The Labute approximate surface area is 158 Å². The van der Waals surface area contributed by atoms with E-state index in [9.17, 15) is 18.3 Å². The second-order valence-electron chi connectivity index (χ2n) is 4.87. The van der Waals surface area contributed by atoms with E-state index < -0.39 is 22.0 Å². The molecule has 0 aromatic heterocycles. The van der Waals surface area contributed by atoms with Gasteiger partial charge in [-0.3, -0.25) is 4.31 Å². The smallest absolute Gasteiger partial charge is 0.327 e. The number of carbonyl (C=O) groups is 1. The maximum absolute atomic E-state index is 13.0. The summed E-state index contributed by atoms with van der Waals surface area (Å²) in [6, 6.07) is 8.89. The molecule has 0 heterocycles. The second-order valence-corrected chi connectivity index (χ2v) is 8.41. The fourth-order valence-corrected chi connectivity index (χ4v) is 4.66. The highest BCUT2D eigenvalue weighted by atomic mass is 79.9. The lowest BCUT2D eigenvalue weighted by atomic mass is 10.2. The number of hydrogen-bond acceptors (Lipinski definition) is 3. The summed E-state index contributed by atoms with van der Waals surface area (Å²) in [5.41, 5.74) is 0.198. The third-order valence-electron chi connectivity index (χ3n) is 3.22. The molecule has 2 aromatic carbocycles. The van der Waals surface area contributed by atoms with Gasteiger partial charge in [0.2, 0.25) is 0 Å². The number of anilines is 1. The highest BCUT2D eigenvalue weighted by molar-refractivity contribution is 9.10. The summed E-state index contributed by atoms with van der Waals surface area (Å²) in [4.78, 5) is 11.2. The van der Waals surface area contributed by atoms with Gasteiger partial charge in [0.05, 0.1) is 10.7 Å². The summed E-state index contributed by atoms with van der Waals surface area (Å²) in [6.07, 6.45) is 0. The van der Waals surface area contributed by atoms with E-state index in [0.29, 0.717) is 0 Å². The number of halogens is 3. The van der Waals surface area contributed by atoms with Gasteiger partial charge in [-0.25, -0.2) is 13.2 Å². The maximum atomic E-state index is 13.0. The molecule has 0 saturated carbocycles. The van der Waals surface area contributed by atoms with Crippen molar-refractivity contribution in [2.75, 3.05) is 4.31 Å². The highest BCUT2D eigenvalue weighted by Crippen LogP contribution is 2.32. The molecule has 0 aliphatic rings. The molecule has 0 aliphatic heterocycles. The molecule has 2 rings (SSSR count). The number of sulfonamides is 1. The van der Waals surface area contributed by atoms with Crippen molar-refractivity contribution in [3.05, 3.63) is 57.0 Å². The second kappa shape index (κ2) is 7.31. The molecule has 128 valence electrons. The van der Waals surface area contributed by atoms with Crippen LogP contribution in [0, 0.1) is 0 Å². The van der Waals surface area contributed by atoms with Crippen LogP contribution in [-0.2, 0) is 14.8 Å². The third kappa shape index (κ3) is 3.85. The molecule has 5 nitrogen and oxygen atoms in total. The summed E-state index contributed by atoms with van der Waals surface area (Å²) in [5.74, 6) is -1.29. The van der Waals surface area contributed by atoms with E-state index in [-0.39, 0.29) is 20.6 Å². The summed E-state index contributed by atoms with van der Waals surface area (Å²) < 4.78 is 27.6. The summed E-state index contributed by atoms with van der Waals surface area (Å²) in [7, 11) is -4.24. The van der Waals surface area contributed by atoms with Crippen molar-refractivity contribution >= 4 is 60.8 Å². The van der Waals surface area contributed by atoms with Gasteiger partial charge in [0.15, 0.2) is 0 Å². The van der Waals surface area contributed by atoms with Gasteiger partial charge in [0.25, 0.3) is 10.0 Å². The van der Waals surface area contributed by atoms with Crippen molar-refractivity contribution < 1.29 is 18.3 Å². The summed E-state index contributed by atoms with van der Waals surface area (Å²) in [5, 5.41) is 9.46. The fourth-order valence-electron chi connectivity index (χ4n) is 2.04. The van der Waals surface area contributed by atoms with E-state index in [0.717, 1.165) is 8.78 Å². The minimum absolute atomic E-state index is 0.0425. The van der Waals surface area contributed by atoms with Crippen LogP contribution < -0.4 is 4.31 Å². The first-order chi connectivity index (χ1) is 11.1. The molecule has 24 heavy (non-hydrogen) atoms. The SMILES string of the molecule is CC(C(=O)O)N(c1ccc(Br)cc1)S(=O)(=O)c1cc(Cl)ccc1Cl. The molecule has 0 saturated heterocycles. The van der Waals surface area contributed by atoms with Gasteiger partial charge in [-0.05, 0) is 49.4 Å². The van der Waals surface area contributed by atoms with E-state index in [2.05, 4.69) is 15.9 Å². The molecule has 1 unspecified atom stereocenters. The van der Waals surface area contributed by atoms with E-state index in [1.54, 1.807) is 12.1 Å². The average molecular weight is 453 g/mol. The van der Waals surface area contributed by atoms with Crippen molar-refractivity contribution in [3.8, 4) is 0 Å². The molecule has 9 heteroatoms. The van der Waals surface area contributed by atoms with E-state index >= 15 is 0 Å². The van der Waals surface area contributed by atoms with E-state index in [1.165, 1.54) is 37.3 Å². The van der Waals surface area contributed by atoms with Crippen LogP contribution >= 0.6 is 39.1 Å². The first-order valence-electron chi connectivity index (χ1n) is 6.62. The summed E-state index contributed by atoms with van der Waals surface area (Å²) in [6.45, 7) is 1.28. The Balaban J connectivity index is 2.67. The molecule has 0 spiro atoms. The number of carboxylic acids is 1. The van der Waals surface area contributed by atoms with Gasteiger partial charge >= 0.3 is 5.97 Å². The quantitative estimate of drug-likeness (QED) is 0.728. The maximum Gasteiger partial charge on any atom is 0.327 e. The predicted octanol–water partition coefficient (Wildman–Crippen LogP) is 4.42. The molecule has 0 aliphatic carbocycles. The Morgan fingerprint density at radius 3 is 2.29 bits per heavy atom. The molecule has 0 bridgehead atoms. The van der Waals surface area contributed by atoms with Gasteiger partial charge in [0, 0.05) is 9.50 Å². The average Bonchev–Trinajstić information content (AvgIpc) is 2.51. The van der Waals surface area contributed by atoms with Crippen LogP contribution in [0.3, 0.4) is 0 Å². The molecule has 0 amide bonds. The van der Waals surface area contributed by atoms with Gasteiger partial charge in [-0.1, -0.05) is 39.1 Å². The Kier molecular flexibility index (Phi) is 5.80.